The van der Waals surface area contributed by atoms with E-state index in [0.717, 1.165) is 0 Å². The van der Waals surface area contributed by atoms with Gasteiger partial charge in [-0.1, -0.05) is 6.92 Å². The van der Waals surface area contributed by atoms with Crippen LogP contribution >= 0.6 is 0 Å². The molecule has 0 saturated carbocycles. The van der Waals surface area contributed by atoms with E-state index in [1.165, 1.54) is 12.4 Å². The van der Waals surface area contributed by atoms with Crippen LogP contribution < -0.4 is 5.32 Å². The Balaban J connectivity index is 2.71. The van der Waals surface area contributed by atoms with Gasteiger partial charge in [-0.15, -0.1) is 0 Å². The lowest BCUT2D eigenvalue weighted by Crippen LogP contribution is -2.11. The van der Waals surface area contributed by atoms with Crippen molar-refractivity contribution in [3.05, 3.63) is 18.0 Å². The molecule has 66 valence electrons. The molecule has 0 aromatic carbocycles. The Morgan fingerprint density at radius 3 is 2.69 bits per heavy atom. The Morgan fingerprint density at radius 1 is 1.62 bits per heavy atom. The van der Waals surface area contributed by atoms with Crippen LogP contribution in [0.3, 0.4) is 0 Å². The zero-order chi connectivity index (χ0) is 9.68. The van der Waals surface area contributed by atoms with E-state index in [4.69, 9.17) is 5.26 Å². The first-order valence-corrected chi connectivity index (χ1v) is 3.78. The molecule has 5 heteroatoms. The monoisotopic (exact) mass is 176 g/mol. The van der Waals surface area contributed by atoms with Gasteiger partial charge in [-0.2, -0.15) is 5.26 Å². The summed E-state index contributed by atoms with van der Waals surface area (Å²) in [4.78, 5) is 18.4. The van der Waals surface area contributed by atoms with E-state index in [1.54, 1.807) is 6.92 Å². The average molecular weight is 176 g/mol. The minimum Gasteiger partial charge on any atom is -0.295 e. The molecule has 0 atom stereocenters. The van der Waals surface area contributed by atoms with Gasteiger partial charge in [-0.25, -0.2) is 9.97 Å². The first-order chi connectivity index (χ1) is 6.26. The molecule has 1 heterocycles. The van der Waals surface area contributed by atoms with Gasteiger partial charge < -0.3 is 0 Å². The Morgan fingerprint density at radius 2 is 2.23 bits per heavy atom. The molecule has 0 spiro atoms. The summed E-state index contributed by atoms with van der Waals surface area (Å²) in [5.74, 6) is 0.0792. The maximum atomic E-state index is 10.9. The summed E-state index contributed by atoms with van der Waals surface area (Å²) >= 11 is 0. The molecular formula is C8H8N4O. The molecule has 1 aromatic heterocycles. The predicted molar refractivity (Wildman–Crippen MR) is 45.7 cm³/mol. The predicted octanol–water partition coefficient (Wildman–Crippen LogP) is 0.697. The summed E-state index contributed by atoms with van der Waals surface area (Å²) < 4.78 is 0. The van der Waals surface area contributed by atoms with Crippen LogP contribution in [0.2, 0.25) is 0 Å². The van der Waals surface area contributed by atoms with Crippen molar-refractivity contribution in [2.45, 2.75) is 13.3 Å². The fourth-order valence-corrected chi connectivity index (χ4v) is 0.663. The highest BCUT2D eigenvalue weighted by molar-refractivity contribution is 5.88. The molecule has 0 bridgehead atoms. The highest BCUT2D eigenvalue weighted by Gasteiger charge is 2.00. The van der Waals surface area contributed by atoms with Gasteiger partial charge in [0.25, 0.3) is 0 Å². The number of carbonyl (C=O) groups excluding carboxylic acids is 1. The lowest BCUT2D eigenvalue weighted by atomic mass is 10.4. The molecule has 1 amide bonds. The van der Waals surface area contributed by atoms with Crippen molar-refractivity contribution in [2.24, 2.45) is 0 Å². The van der Waals surface area contributed by atoms with E-state index in [9.17, 15) is 4.79 Å². The Bertz CT molecular complexity index is 338. The zero-order valence-electron chi connectivity index (χ0n) is 7.11. The molecule has 0 unspecified atom stereocenters. The van der Waals surface area contributed by atoms with Crippen molar-refractivity contribution in [2.75, 3.05) is 5.32 Å². The van der Waals surface area contributed by atoms with Gasteiger partial charge in [0, 0.05) is 6.42 Å². The number of amides is 1. The van der Waals surface area contributed by atoms with Gasteiger partial charge in [-0.3, -0.25) is 10.1 Å². The third-order valence-electron chi connectivity index (χ3n) is 1.35. The van der Waals surface area contributed by atoms with E-state index < -0.39 is 0 Å². The fourth-order valence-electron chi connectivity index (χ4n) is 0.663. The maximum Gasteiger partial charge on any atom is 0.229 e. The molecule has 0 radical (unpaired) electrons. The van der Waals surface area contributed by atoms with Gasteiger partial charge in [0.1, 0.15) is 6.07 Å². The number of nitrogens with one attached hydrogen (secondary N) is 1. The van der Waals surface area contributed by atoms with Crippen molar-refractivity contribution in [3.63, 3.8) is 0 Å². The Kier molecular flexibility index (Phi) is 2.92. The molecule has 13 heavy (non-hydrogen) atoms. The van der Waals surface area contributed by atoms with Gasteiger partial charge >= 0.3 is 0 Å². The number of rotatable bonds is 2. The first kappa shape index (κ1) is 9.13. The van der Waals surface area contributed by atoms with Crippen LogP contribution in [0.25, 0.3) is 0 Å². The largest absolute Gasteiger partial charge is 0.295 e. The van der Waals surface area contributed by atoms with Gasteiger partial charge in [-0.05, 0) is 0 Å². The van der Waals surface area contributed by atoms with Crippen LogP contribution in [-0.4, -0.2) is 15.9 Å². The first-order valence-electron chi connectivity index (χ1n) is 3.78. The highest BCUT2D eigenvalue weighted by Crippen LogP contribution is 1.98. The minimum absolute atomic E-state index is 0.148. The Labute approximate surface area is 75.4 Å². The maximum absolute atomic E-state index is 10.9. The minimum atomic E-state index is -0.148. The Hall–Kier alpha value is -1.96. The molecule has 1 aromatic rings. The van der Waals surface area contributed by atoms with E-state index in [0.29, 0.717) is 12.0 Å². The van der Waals surface area contributed by atoms with Crippen LogP contribution in [0.1, 0.15) is 18.9 Å². The fraction of sp³-hybridized carbons (Fsp3) is 0.250. The van der Waals surface area contributed by atoms with E-state index in [-0.39, 0.29) is 11.9 Å². The van der Waals surface area contributed by atoms with Crippen molar-refractivity contribution < 1.29 is 4.79 Å². The molecular weight excluding hydrogens is 168 g/mol. The number of nitrogens with zero attached hydrogens (tertiary/aromatic N) is 3. The lowest BCUT2D eigenvalue weighted by Gasteiger charge is -1.99. The van der Waals surface area contributed by atoms with Gasteiger partial charge in [0.15, 0.2) is 0 Å². The number of carbonyl (C=O) groups is 1. The molecule has 0 aliphatic heterocycles. The van der Waals surface area contributed by atoms with Crippen LogP contribution in [0.15, 0.2) is 12.4 Å². The number of hydrogen-bond acceptors (Lipinski definition) is 4. The van der Waals surface area contributed by atoms with Gasteiger partial charge in [0.05, 0.1) is 18.0 Å². The molecule has 0 fully saturated rings. The van der Waals surface area contributed by atoms with Crippen molar-refractivity contribution in [1.82, 2.24) is 9.97 Å². The second kappa shape index (κ2) is 4.16. The standard InChI is InChI=1S/C8H8N4O/c1-2-7(13)12-8-10-4-6(3-9)5-11-8/h4-5H,2H2,1H3,(H,10,11,12,13). The lowest BCUT2D eigenvalue weighted by molar-refractivity contribution is -0.115. The van der Waals surface area contributed by atoms with E-state index in [1.807, 2.05) is 6.07 Å². The highest BCUT2D eigenvalue weighted by atomic mass is 16.1. The number of nitriles is 1. The number of anilines is 1. The second-order valence-electron chi connectivity index (χ2n) is 2.31. The smallest absolute Gasteiger partial charge is 0.229 e. The van der Waals surface area contributed by atoms with Crippen molar-refractivity contribution >= 4 is 11.9 Å². The second-order valence-corrected chi connectivity index (χ2v) is 2.31. The molecule has 0 aliphatic carbocycles. The van der Waals surface area contributed by atoms with E-state index >= 15 is 0 Å². The van der Waals surface area contributed by atoms with Crippen molar-refractivity contribution in [1.29, 1.82) is 5.26 Å². The SMILES string of the molecule is CCC(=O)Nc1ncc(C#N)cn1. The molecule has 1 rings (SSSR count). The van der Waals surface area contributed by atoms with Gasteiger partial charge in [0.2, 0.25) is 11.9 Å². The molecule has 0 aliphatic rings. The quantitative estimate of drug-likeness (QED) is 0.719. The van der Waals surface area contributed by atoms with Crippen LogP contribution in [-0.2, 0) is 4.79 Å². The number of hydrogen-bond donors (Lipinski definition) is 1. The zero-order valence-corrected chi connectivity index (χ0v) is 7.11. The molecule has 0 saturated heterocycles. The molecule has 1 N–H and O–H groups in total. The third-order valence-corrected chi connectivity index (χ3v) is 1.35. The molecule has 5 nitrogen and oxygen atoms in total. The summed E-state index contributed by atoms with van der Waals surface area (Å²) in [6, 6.07) is 1.88. The summed E-state index contributed by atoms with van der Waals surface area (Å²) in [7, 11) is 0. The van der Waals surface area contributed by atoms with Crippen LogP contribution in [0.4, 0.5) is 5.95 Å². The topological polar surface area (TPSA) is 78.7 Å². The summed E-state index contributed by atoms with van der Waals surface area (Å²) in [6.45, 7) is 1.74. The van der Waals surface area contributed by atoms with E-state index in [2.05, 4.69) is 15.3 Å². The normalized spacial score (nSPS) is 8.92. The third kappa shape index (κ3) is 2.52. The summed E-state index contributed by atoms with van der Waals surface area (Å²) in [6.07, 6.45) is 3.10. The van der Waals surface area contributed by atoms with Crippen LogP contribution in [0, 0.1) is 11.3 Å². The average Bonchev–Trinajstić information content (AvgIpc) is 2.19. The summed E-state index contributed by atoms with van der Waals surface area (Å²) in [5, 5.41) is 10.9. The number of aromatic nitrogens is 2. The summed E-state index contributed by atoms with van der Waals surface area (Å²) in [5.41, 5.74) is 0.370. The van der Waals surface area contributed by atoms with Crippen LogP contribution in [0.5, 0.6) is 0 Å². The van der Waals surface area contributed by atoms with Crippen molar-refractivity contribution in [3.8, 4) is 6.07 Å².